The fraction of sp³-hybridized carbons (Fsp3) is 0.842. The molecule has 0 aromatic carbocycles. The van der Waals surface area contributed by atoms with Crippen LogP contribution in [-0.4, -0.2) is 38.1 Å². The molecule has 6 heteroatoms. The third-order valence-electron chi connectivity index (χ3n) is 4.18. The van der Waals surface area contributed by atoms with Crippen LogP contribution in [0.5, 0.6) is 0 Å². The predicted octanol–water partition coefficient (Wildman–Crippen LogP) is 3.52. The van der Waals surface area contributed by atoms with Crippen molar-refractivity contribution in [2.75, 3.05) is 14.2 Å². The summed E-state index contributed by atoms with van der Waals surface area (Å²) in [7, 11) is 2.46. The molecule has 0 rings (SSSR count). The lowest BCUT2D eigenvalue weighted by Gasteiger charge is -2.15. The van der Waals surface area contributed by atoms with Crippen LogP contribution in [0.1, 0.15) is 84.0 Å². The predicted molar refractivity (Wildman–Crippen MR) is 97.0 cm³/mol. The number of unbranched alkanes of at least 4 members (excludes halogenated alkanes) is 9. The van der Waals surface area contributed by atoms with Crippen molar-refractivity contribution in [1.82, 2.24) is 5.32 Å². The van der Waals surface area contributed by atoms with E-state index in [1.165, 1.54) is 59.2 Å². The van der Waals surface area contributed by atoms with E-state index in [-0.39, 0.29) is 12.3 Å². The van der Waals surface area contributed by atoms with Gasteiger partial charge in [-0.1, -0.05) is 64.7 Å². The second-order valence-corrected chi connectivity index (χ2v) is 6.36. The molecule has 0 bridgehead atoms. The molecule has 1 atom stereocenters. The minimum absolute atomic E-state index is 0.215. The third-order valence-corrected chi connectivity index (χ3v) is 4.18. The summed E-state index contributed by atoms with van der Waals surface area (Å²) in [5.74, 6) is -1.43. The first-order valence-electron chi connectivity index (χ1n) is 9.49. The number of hydrogen-bond acceptors (Lipinski definition) is 5. The Bertz CT molecular complexity index is 384. The summed E-state index contributed by atoms with van der Waals surface area (Å²) in [4.78, 5) is 34.8. The molecule has 0 saturated carbocycles. The Morgan fingerprint density at radius 1 is 0.800 bits per heavy atom. The molecule has 25 heavy (non-hydrogen) atoms. The second kappa shape index (κ2) is 15.9. The highest BCUT2D eigenvalue weighted by molar-refractivity contribution is 5.87. The summed E-state index contributed by atoms with van der Waals surface area (Å²) in [5, 5.41) is 2.55. The lowest BCUT2D eigenvalue weighted by Crippen LogP contribution is -2.43. The number of esters is 2. The smallest absolute Gasteiger partial charge is 0.328 e. The van der Waals surface area contributed by atoms with E-state index in [0.717, 1.165) is 19.3 Å². The van der Waals surface area contributed by atoms with Crippen molar-refractivity contribution >= 4 is 17.8 Å². The minimum atomic E-state index is -0.979. The maximum Gasteiger partial charge on any atom is 0.328 e. The molecule has 0 fully saturated rings. The van der Waals surface area contributed by atoms with Crippen molar-refractivity contribution in [2.24, 2.45) is 0 Å². The zero-order valence-corrected chi connectivity index (χ0v) is 16.1. The summed E-state index contributed by atoms with van der Waals surface area (Å²) in [6.07, 6.45) is 12.1. The highest BCUT2D eigenvalue weighted by Gasteiger charge is 2.24. The number of methoxy groups -OCH3 is 2. The van der Waals surface area contributed by atoms with Gasteiger partial charge in [0.05, 0.1) is 20.6 Å². The molecular formula is C19H35NO5. The van der Waals surface area contributed by atoms with Crippen LogP contribution in [0.15, 0.2) is 0 Å². The maximum atomic E-state index is 11.9. The van der Waals surface area contributed by atoms with E-state index < -0.39 is 18.0 Å². The molecule has 0 aliphatic carbocycles. The Balaban J connectivity index is 3.78. The fourth-order valence-corrected chi connectivity index (χ4v) is 2.63. The molecular weight excluding hydrogens is 322 g/mol. The van der Waals surface area contributed by atoms with Gasteiger partial charge in [-0.3, -0.25) is 9.59 Å². The minimum Gasteiger partial charge on any atom is -0.469 e. The Labute approximate surface area is 152 Å². The SMILES string of the molecule is CCCCCCCCCCCCC(=O)NC(CC(=O)OC)C(=O)OC. The zero-order chi connectivity index (χ0) is 18.9. The van der Waals surface area contributed by atoms with E-state index >= 15 is 0 Å². The zero-order valence-electron chi connectivity index (χ0n) is 16.1. The van der Waals surface area contributed by atoms with Crippen molar-refractivity contribution in [3.8, 4) is 0 Å². The van der Waals surface area contributed by atoms with Crippen LogP contribution in [0.25, 0.3) is 0 Å². The summed E-state index contributed by atoms with van der Waals surface area (Å²) in [6, 6.07) is -0.979. The maximum absolute atomic E-state index is 11.9. The van der Waals surface area contributed by atoms with Crippen LogP contribution in [0.3, 0.4) is 0 Å². The molecule has 6 nitrogen and oxygen atoms in total. The van der Waals surface area contributed by atoms with Crippen molar-refractivity contribution in [3.63, 3.8) is 0 Å². The van der Waals surface area contributed by atoms with E-state index in [0.29, 0.717) is 6.42 Å². The highest BCUT2D eigenvalue weighted by Crippen LogP contribution is 2.11. The number of nitrogens with one attached hydrogen (secondary N) is 1. The van der Waals surface area contributed by atoms with Gasteiger partial charge in [0.2, 0.25) is 5.91 Å². The average molecular weight is 357 g/mol. The molecule has 0 aromatic heterocycles. The number of ether oxygens (including phenoxy) is 2. The largest absolute Gasteiger partial charge is 0.469 e. The van der Waals surface area contributed by atoms with Gasteiger partial charge in [0, 0.05) is 6.42 Å². The monoisotopic (exact) mass is 357 g/mol. The topological polar surface area (TPSA) is 81.7 Å². The van der Waals surface area contributed by atoms with Gasteiger partial charge in [0.15, 0.2) is 0 Å². The Hall–Kier alpha value is -1.59. The molecule has 0 aliphatic heterocycles. The molecule has 0 heterocycles. The normalized spacial score (nSPS) is 11.6. The van der Waals surface area contributed by atoms with E-state index in [9.17, 15) is 14.4 Å². The third kappa shape index (κ3) is 13.4. The summed E-state index contributed by atoms with van der Waals surface area (Å²) in [5.41, 5.74) is 0. The first-order valence-corrected chi connectivity index (χ1v) is 9.49. The van der Waals surface area contributed by atoms with Crippen molar-refractivity contribution in [1.29, 1.82) is 0 Å². The molecule has 0 radical (unpaired) electrons. The van der Waals surface area contributed by atoms with Gasteiger partial charge >= 0.3 is 11.9 Å². The van der Waals surface area contributed by atoms with E-state index in [1.54, 1.807) is 0 Å². The summed E-state index contributed by atoms with van der Waals surface area (Å²) < 4.78 is 9.13. The Morgan fingerprint density at radius 3 is 1.80 bits per heavy atom. The van der Waals surface area contributed by atoms with Gasteiger partial charge < -0.3 is 14.8 Å². The lowest BCUT2D eigenvalue weighted by molar-refractivity contribution is -0.150. The van der Waals surface area contributed by atoms with Gasteiger partial charge in [-0.15, -0.1) is 0 Å². The van der Waals surface area contributed by atoms with Crippen LogP contribution in [0, 0.1) is 0 Å². The van der Waals surface area contributed by atoms with Crippen molar-refractivity contribution in [3.05, 3.63) is 0 Å². The average Bonchev–Trinajstić information content (AvgIpc) is 2.61. The number of carbonyl (C=O) groups excluding carboxylic acids is 3. The molecule has 1 amide bonds. The van der Waals surface area contributed by atoms with Crippen LogP contribution < -0.4 is 5.32 Å². The fourth-order valence-electron chi connectivity index (χ4n) is 2.63. The van der Waals surface area contributed by atoms with E-state index in [1.807, 2.05) is 0 Å². The second-order valence-electron chi connectivity index (χ2n) is 6.36. The molecule has 146 valence electrons. The molecule has 0 aliphatic rings. The van der Waals surface area contributed by atoms with Gasteiger partial charge in [0.25, 0.3) is 0 Å². The van der Waals surface area contributed by atoms with Crippen LogP contribution in [-0.2, 0) is 23.9 Å². The molecule has 0 spiro atoms. The van der Waals surface area contributed by atoms with Gasteiger partial charge in [-0.25, -0.2) is 4.79 Å². The number of rotatable bonds is 15. The highest BCUT2D eigenvalue weighted by atomic mass is 16.5. The summed E-state index contributed by atoms with van der Waals surface area (Å²) in [6.45, 7) is 2.22. The molecule has 0 aromatic rings. The van der Waals surface area contributed by atoms with Crippen LogP contribution in [0.2, 0.25) is 0 Å². The molecule has 1 unspecified atom stereocenters. The van der Waals surface area contributed by atoms with E-state index in [2.05, 4.69) is 21.7 Å². The van der Waals surface area contributed by atoms with Crippen molar-refractivity contribution in [2.45, 2.75) is 90.0 Å². The molecule has 1 N–H and O–H groups in total. The number of carbonyl (C=O) groups is 3. The van der Waals surface area contributed by atoms with Crippen LogP contribution >= 0.6 is 0 Å². The van der Waals surface area contributed by atoms with Crippen LogP contribution in [0.4, 0.5) is 0 Å². The summed E-state index contributed by atoms with van der Waals surface area (Å²) >= 11 is 0. The lowest BCUT2D eigenvalue weighted by atomic mass is 10.1. The van der Waals surface area contributed by atoms with Gasteiger partial charge in [-0.05, 0) is 6.42 Å². The number of hydrogen-bond donors (Lipinski definition) is 1. The van der Waals surface area contributed by atoms with Gasteiger partial charge in [0.1, 0.15) is 6.04 Å². The van der Waals surface area contributed by atoms with Gasteiger partial charge in [-0.2, -0.15) is 0 Å². The van der Waals surface area contributed by atoms with E-state index in [4.69, 9.17) is 0 Å². The first-order chi connectivity index (χ1) is 12.0. The Kier molecular flexibility index (Phi) is 14.9. The Morgan fingerprint density at radius 2 is 1.32 bits per heavy atom. The molecule has 0 saturated heterocycles. The standard InChI is InChI=1S/C19H35NO5/c1-4-5-6-7-8-9-10-11-12-13-14-17(21)20-16(19(23)25-3)15-18(22)24-2/h16H,4-15H2,1-3H3,(H,20,21). The van der Waals surface area contributed by atoms with Crippen molar-refractivity contribution < 1.29 is 23.9 Å². The quantitative estimate of drug-likeness (QED) is 0.358. The number of amides is 1. The first kappa shape index (κ1) is 23.4.